The first-order chi connectivity index (χ1) is 16.8. The number of aromatic nitrogens is 2. The number of aryl methyl sites for hydroxylation is 1. The summed E-state index contributed by atoms with van der Waals surface area (Å²) in [4.78, 5) is 37.6. The number of anilines is 1. The van der Waals surface area contributed by atoms with Gasteiger partial charge in [0.15, 0.2) is 6.61 Å². The average molecular weight is 495 g/mol. The van der Waals surface area contributed by atoms with Crippen LogP contribution in [0, 0.1) is 13.8 Å². The number of halogens is 1. The second-order valence-corrected chi connectivity index (χ2v) is 8.28. The molecule has 3 rings (SSSR count). The second-order valence-electron chi connectivity index (χ2n) is 7.87. The van der Waals surface area contributed by atoms with Gasteiger partial charge in [-0.05, 0) is 43.7 Å². The Hall–Kier alpha value is -3.91. The molecule has 0 radical (unpaired) electrons. The minimum atomic E-state index is -0.668. The highest BCUT2D eigenvalue weighted by molar-refractivity contribution is 6.31. The number of amides is 2. The molecule has 0 aliphatic rings. The van der Waals surface area contributed by atoms with Crippen LogP contribution in [0.5, 0.6) is 0 Å². The van der Waals surface area contributed by atoms with Crippen molar-refractivity contribution in [2.45, 2.75) is 26.8 Å². The molecule has 35 heavy (non-hydrogen) atoms. The molecular weight excluding hydrogens is 468 g/mol. The largest absolute Gasteiger partial charge is 0.452 e. The van der Waals surface area contributed by atoms with E-state index in [2.05, 4.69) is 5.10 Å². The normalized spacial score (nSPS) is 10.9. The van der Waals surface area contributed by atoms with E-state index in [1.165, 1.54) is 11.0 Å². The topological polar surface area (TPSA) is 108 Å². The molecule has 0 spiro atoms. The van der Waals surface area contributed by atoms with Crippen molar-refractivity contribution in [1.82, 2.24) is 9.78 Å². The molecule has 0 fully saturated rings. The number of ether oxygens (including phenoxy) is 1. The molecule has 0 bridgehead atoms. The maximum Gasteiger partial charge on any atom is 0.331 e. The second kappa shape index (κ2) is 12.0. The molecule has 2 N–H and O–H groups in total. The number of hydrogen-bond donors (Lipinski definition) is 1. The Labute approximate surface area is 208 Å². The van der Waals surface area contributed by atoms with E-state index in [0.29, 0.717) is 17.3 Å². The lowest BCUT2D eigenvalue weighted by Gasteiger charge is -2.22. The van der Waals surface area contributed by atoms with E-state index >= 15 is 0 Å². The molecule has 9 heteroatoms. The van der Waals surface area contributed by atoms with Gasteiger partial charge < -0.3 is 15.4 Å². The third kappa shape index (κ3) is 7.04. The Morgan fingerprint density at radius 3 is 2.46 bits per heavy atom. The summed E-state index contributed by atoms with van der Waals surface area (Å²) in [6.07, 6.45) is 2.88. The highest BCUT2D eigenvalue weighted by Gasteiger charge is 2.18. The van der Waals surface area contributed by atoms with Crippen LogP contribution in [0.15, 0.2) is 60.7 Å². The Balaban J connectivity index is 1.63. The summed E-state index contributed by atoms with van der Waals surface area (Å²) in [7, 11) is 0. The lowest BCUT2D eigenvalue weighted by Crippen LogP contribution is -2.37. The van der Waals surface area contributed by atoms with Crippen LogP contribution in [0.4, 0.5) is 5.69 Å². The molecule has 1 heterocycles. The van der Waals surface area contributed by atoms with Gasteiger partial charge in [0.1, 0.15) is 0 Å². The van der Waals surface area contributed by atoms with Gasteiger partial charge >= 0.3 is 5.97 Å². The first-order valence-corrected chi connectivity index (χ1v) is 11.4. The fourth-order valence-corrected chi connectivity index (χ4v) is 3.73. The van der Waals surface area contributed by atoms with Crippen molar-refractivity contribution >= 4 is 41.1 Å². The fourth-order valence-electron chi connectivity index (χ4n) is 3.53. The number of carbonyl (C=O) groups excluding carboxylic acids is 3. The number of para-hydroxylation sites is 1. The van der Waals surface area contributed by atoms with E-state index in [9.17, 15) is 14.4 Å². The smallest absolute Gasteiger partial charge is 0.331 e. The number of hydrogen-bond acceptors (Lipinski definition) is 5. The van der Waals surface area contributed by atoms with Gasteiger partial charge in [-0.15, -0.1) is 0 Å². The standard InChI is InChI=1S/C26H27ClN4O4/c1-18-22(19(2)31(29-18)16-20-8-6-7-11-23(20)27)12-13-26(34)35-17-25(33)30(15-14-24(28)32)21-9-4-3-5-10-21/h3-13H,14-17H2,1-2H3,(H2,28,32)/b13-12+. The molecule has 0 atom stereocenters. The third-order valence-corrected chi connectivity index (χ3v) is 5.76. The van der Waals surface area contributed by atoms with Gasteiger partial charge in [-0.3, -0.25) is 14.3 Å². The van der Waals surface area contributed by atoms with E-state index in [-0.39, 0.29) is 13.0 Å². The molecule has 0 aliphatic carbocycles. The van der Waals surface area contributed by atoms with Crippen LogP contribution in [0.1, 0.15) is 28.9 Å². The third-order valence-electron chi connectivity index (χ3n) is 5.39. The van der Waals surface area contributed by atoms with Crippen LogP contribution in [0.2, 0.25) is 5.02 Å². The summed E-state index contributed by atoms with van der Waals surface area (Å²) in [5.41, 5.74) is 9.15. The van der Waals surface area contributed by atoms with Crippen molar-refractivity contribution in [3.8, 4) is 0 Å². The lowest BCUT2D eigenvalue weighted by atomic mass is 10.1. The summed E-state index contributed by atoms with van der Waals surface area (Å²) in [5, 5.41) is 5.20. The van der Waals surface area contributed by atoms with Crippen LogP contribution < -0.4 is 10.6 Å². The highest BCUT2D eigenvalue weighted by atomic mass is 35.5. The van der Waals surface area contributed by atoms with Gasteiger partial charge in [-0.1, -0.05) is 48.0 Å². The quantitative estimate of drug-likeness (QED) is 0.342. The number of rotatable bonds is 10. The highest BCUT2D eigenvalue weighted by Crippen LogP contribution is 2.20. The molecule has 0 unspecified atom stereocenters. The van der Waals surface area contributed by atoms with Crippen molar-refractivity contribution in [2.75, 3.05) is 18.1 Å². The number of esters is 1. The number of nitrogens with two attached hydrogens (primary N) is 1. The number of nitrogens with zero attached hydrogens (tertiary/aromatic N) is 3. The minimum absolute atomic E-state index is 0.00871. The Morgan fingerprint density at radius 2 is 1.77 bits per heavy atom. The molecule has 1 aromatic heterocycles. The summed E-state index contributed by atoms with van der Waals surface area (Å²) in [6, 6.07) is 16.4. The number of carbonyl (C=O) groups is 3. The molecule has 182 valence electrons. The molecule has 3 aromatic rings. The van der Waals surface area contributed by atoms with E-state index < -0.39 is 24.4 Å². The summed E-state index contributed by atoms with van der Waals surface area (Å²) < 4.78 is 6.98. The van der Waals surface area contributed by atoms with Crippen molar-refractivity contribution in [3.63, 3.8) is 0 Å². The molecule has 0 aliphatic heterocycles. The van der Waals surface area contributed by atoms with Gasteiger partial charge in [-0.2, -0.15) is 5.10 Å². The summed E-state index contributed by atoms with van der Waals surface area (Å²) in [5.74, 6) is -1.66. The van der Waals surface area contributed by atoms with E-state index in [4.69, 9.17) is 22.1 Å². The fraction of sp³-hybridized carbons (Fsp3) is 0.231. The Bertz CT molecular complexity index is 1240. The molecule has 2 amide bonds. The molecule has 0 saturated carbocycles. The zero-order valence-corrected chi connectivity index (χ0v) is 20.4. The first kappa shape index (κ1) is 25.7. The average Bonchev–Trinajstić information content (AvgIpc) is 3.10. The van der Waals surface area contributed by atoms with Crippen molar-refractivity contribution < 1.29 is 19.1 Å². The van der Waals surface area contributed by atoms with Crippen molar-refractivity contribution in [1.29, 1.82) is 0 Å². The zero-order chi connectivity index (χ0) is 25.4. The van der Waals surface area contributed by atoms with Crippen molar-refractivity contribution in [3.05, 3.63) is 88.2 Å². The predicted molar refractivity (Wildman–Crippen MR) is 135 cm³/mol. The van der Waals surface area contributed by atoms with Crippen LogP contribution in [0.3, 0.4) is 0 Å². The monoisotopic (exact) mass is 494 g/mol. The zero-order valence-electron chi connectivity index (χ0n) is 19.6. The van der Waals surface area contributed by atoms with Gasteiger partial charge in [0.2, 0.25) is 5.91 Å². The maximum absolute atomic E-state index is 12.7. The SMILES string of the molecule is Cc1nn(Cc2ccccc2Cl)c(C)c1/C=C/C(=O)OCC(=O)N(CCC(N)=O)c1ccccc1. The van der Waals surface area contributed by atoms with Gasteiger partial charge in [0.05, 0.1) is 12.2 Å². The van der Waals surface area contributed by atoms with Gasteiger partial charge in [0, 0.05) is 41.0 Å². The van der Waals surface area contributed by atoms with Crippen LogP contribution >= 0.6 is 11.6 Å². The van der Waals surface area contributed by atoms with E-state index in [1.54, 1.807) is 30.3 Å². The van der Waals surface area contributed by atoms with Crippen LogP contribution in [0.25, 0.3) is 6.08 Å². The van der Waals surface area contributed by atoms with Gasteiger partial charge in [-0.25, -0.2) is 4.79 Å². The molecule has 0 saturated heterocycles. The van der Waals surface area contributed by atoms with Crippen molar-refractivity contribution in [2.24, 2.45) is 5.73 Å². The lowest BCUT2D eigenvalue weighted by molar-refractivity contribution is -0.143. The molecular formula is C26H27ClN4O4. The molecule has 8 nitrogen and oxygen atoms in total. The summed E-state index contributed by atoms with van der Waals surface area (Å²) >= 11 is 6.26. The van der Waals surface area contributed by atoms with E-state index in [1.807, 2.05) is 48.9 Å². The van der Waals surface area contributed by atoms with Crippen LogP contribution in [-0.2, 0) is 25.7 Å². The Kier molecular flexibility index (Phi) is 8.80. The maximum atomic E-state index is 12.7. The first-order valence-electron chi connectivity index (χ1n) is 11.0. The summed E-state index contributed by atoms with van der Waals surface area (Å²) in [6.45, 7) is 3.87. The van der Waals surface area contributed by atoms with Gasteiger partial charge in [0.25, 0.3) is 5.91 Å². The van der Waals surface area contributed by atoms with E-state index in [0.717, 1.165) is 22.5 Å². The van der Waals surface area contributed by atoms with Crippen LogP contribution in [-0.4, -0.2) is 40.7 Å². The predicted octanol–water partition coefficient (Wildman–Crippen LogP) is 3.67. The number of benzene rings is 2. The minimum Gasteiger partial charge on any atom is -0.452 e. The molecule has 2 aromatic carbocycles. The number of primary amides is 1. The Morgan fingerprint density at radius 1 is 1.09 bits per heavy atom.